The summed E-state index contributed by atoms with van der Waals surface area (Å²) in [7, 11) is -2.33. The molecule has 0 spiro atoms. The minimum Gasteiger partial charge on any atom is -0.495 e. The molecule has 1 amide bonds. The van der Waals surface area contributed by atoms with Crippen LogP contribution >= 0.6 is 0 Å². The predicted octanol–water partition coefficient (Wildman–Crippen LogP) is 5.05. The fraction of sp³-hybridized carbons (Fsp3) is 0.208. The monoisotopic (exact) mass is 438 g/mol. The van der Waals surface area contributed by atoms with Crippen LogP contribution in [0.2, 0.25) is 0 Å². The Morgan fingerprint density at radius 2 is 1.48 bits per heavy atom. The van der Waals surface area contributed by atoms with Gasteiger partial charge in [-0.15, -0.1) is 0 Å². The molecule has 0 bridgehead atoms. The number of carbonyl (C=O) groups excluding carboxylic acids is 1. The van der Waals surface area contributed by atoms with E-state index in [4.69, 9.17) is 4.74 Å². The molecule has 0 fully saturated rings. The lowest BCUT2D eigenvalue weighted by atomic mass is 9.87. The smallest absolute Gasteiger partial charge is 0.262 e. The van der Waals surface area contributed by atoms with E-state index in [1.54, 1.807) is 48.5 Å². The largest absolute Gasteiger partial charge is 0.495 e. The molecule has 0 atom stereocenters. The van der Waals surface area contributed by atoms with Crippen LogP contribution in [0.25, 0.3) is 0 Å². The first kappa shape index (κ1) is 22.4. The van der Waals surface area contributed by atoms with E-state index in [2.05, 4.69) is 30.8 Å². The van der Waals surface area contributed by atoms with Crippen molar-refractivity contribution in [3.05, 3.63) is 83.9 Å². The van der Waals surface area contributed by atoms with Gasteiger partial charge in [0, 0.05) is 11.3 Å². The Morgan fingerprint density at radius 3 is 2.06 bits per heavy atom. The Balaban J connectivity index is 1.71. The minimum atomic E-state index is -3.80. The number of rotatable bonds is 6. The number of carbonyl (C=O) groups is 1. The van der Waals surface area contributed by atoms with Crippen molar-refractivity contribution in [1.82, 2.24) is 0 Å². The van der Waals surface area contributed by atoms with Crippen molar-refractivity contribution in [2.45, 2.75) is 31.1 Å². The van der Waals surface area contributed by atoms with E-state index in [9.17, 15) is 13.2 Å². The molecule has 3 rings (SSSR count). The van der Waals surface area contributed by atoms with Gasteiger partial charge in [0.2, 0.25) is 0 Å². The normalized spacial score (nSPS) is 11.6. The zero-order valence-electron chi connectivity index (χ0n) is 18.0. The zero-order chi connectivity index (χ0) is 22.6. The molecule has 0 aromatic heterocycles. The van der Waals surface area contributed by atoms with Gasteiger partial charge >= 0.3 is 0 Å². The summed E-state index contributed by atoms with van der Waals surface area (Å²) in [6.45, 7) is 6.33. The van der Waals surface area contributed by atoms with Gasteiger partial charge in [0.1, 0.15) is 5.75 Å². The fourth-order valence-corrected chi connectivity index (χ4v) is 4.05. The summed E-state index contributed by atoms with van der Waals surface area (Å²) in [5.74, 6) is 0.163. The summed E-state index contributed by atoms with van der Waals surface area (Å²) in [5, 5.41) is 2.79. The van der Waals surface area contributed by atoms with Gasteiger partial charge < -0.3 is 10.1 Å². The Kier molecular flexibility index (Phi) is 6.36. The molecule has 0 heterocycles. The number of nitrogens with one attached hydrogen (secondary N) is 2. The Labute approximate surface area is 183 Å². The second-order valence-corrected chi connectivity index (χ2v) is 9.79. The maximum atomic E-state index is 12.7. The molecule has 2 N–H and O–H groups in total. The predicted molar refractivity (Wildman–Crippen MR) is 123 cm³/mol. The molecular weight excluding hydrogens is 412 g/mol. The third-order valence-electron chi connectivity index (χ3n) is 4.79. The van der Waals surface area contributed by atoms with Crippen LogP contribution in [0, 0.1) is 0 Å². The first-order chi connectivity index (χ1) is 14.6. The quantitative estimate of drug-likeness (QED) is 0.564. The van der Waals surface area contributed by atoms with Crippen molar-refractivity contribution in [3.8, 4) is 5.75 Å². The van der Waals surface area contributed by atoms with Crippen molar-refractivity contribution in [2.75, 3.05) is 17.1 Å². The number of methoxy groups -OCH3 is 1. The number of anilines is 2. The number of benzene rings is 3. The minimum absolute atomic E-state index is 0.00807. The van der Waals surface area contributed by atoms with E-state index in [-0.39, 0.29) is 16.2 Å². The van der Waals surface area contributed by atoms with Gasteiger partial charge in [-0.05, 0) is 59.5 Å². The van der Waals surface area contributed by atoms with Crippen molar-refractivity contribution in [2.24, 2.45) is 0 Å². The number of hydrogen-bond donors (Lipinski definition) is 2. The van der Waals surface area contributed by atoms with Gasteiger partial charge in [0.25, 0.3) is 15.9 Å². The van der Waals surface area contributed by atoms with Gasteiger partial charge in [-0.3, -0.25) is 9.52 Å². The summed E-state index contributed by atoms with van der Waals surface area (Å²) in [4.78, 5) is 12.6. The van der Waals surface area contributed by atoms with Gasteiger partial charge in [0.05, 0.1) is 17.7 Å². The van der Waals surface area contributed by atoms with Gasteiger partial charge in [0.15, 0.2) is 0 Å². The second-order valence-electron chi connectivity index (χ2n) is 8.11. The van der Waals surface area contributed by atoms with Gasteiger partial charge in [-0.2, -0.15) is 0 Å². The van der Waals surface area contributed by atoms with Crippen LogP contribution < -0.4 is 14.8 Å². The number of sulfonamides is 1. The van der Waals surface area contributed by atoms with E-state index in [1.807, 2.05) is 12.1 Å². The molecular formula is C24H26N2O4S. The van der Waals surface area contributed by atoms with Crippen molar-refractivity contribution in [3.63, 3.8) is 0 Å². The van der Waals surface area contributed by atoms with Crippen LogP contribution in [0.4, 0.5) is 11.4 Å². The number of amides is 1. The number of para-hydroxylation sites is 2. The molecule has 7 heteroatoms. The lowest BCUT2D eigenvalue weighted by molar-refractivity contribution is 0.102. The SMILES string of the molecule is COc1ccccc1NS(=O)(=O)c1ccc(NC(=O)c2ccc(C(C)(C)C)cc2)cc1. The average Bonchev–Trinajstić information content (AvgIpc) is 2.74. The van der Waals surface area contributed by atoms with Crippen molar-refractivity contribution >= 4 is 27.3 Å². The summed E-state index contributed by atoms with van der Waals surface area (Å²) in [5.41, 5.74) is 2.53. The average molecular weight is 439 g/mol. The Morgan fingerprint density at radius 1 is 0.871 bits per heavy atom. The maximum absolute atomic E-state index is 12.7. The number of ether oxygens (including phenoxy) is 1. The van der Waals surface area contributed by atoms with E-state index in [0.29, 0.717) is 22.7 Å². The van der Waals surface area contributed by atoms with Crippen LogP contribution in [0.3, 0.4) is 0 Å². The fourth-order valence-electron chi connectivity index (χ4n) is 2.97. The molecule has 0 radical (unpaired) electrons. The molecule has 0 aliphatic heterocycles. The topological polar surface area (TPSA) is 84.5 Å². The van der Waals surface area contributed by atoms with Crippen molar-refractivity contribution < 1.29 is 17.9 Å². The highest BCUT2D eigenvalue weighted by Gasteiger charge is 2.17. The zero-order valence-corrected chi connectivity index (χ0v) is 18.8. The van der Waals surface area contributed by atoms with E-state index < -0.39 is 10.0 Å². The van der Waals surface area contributed by atoms with E-state index in [1.165, 1.54) is 19.2 Å². The first-order valence-corrected chi connectivity index (χ1v) is 11.3. The highest BCUT2D eigenvalue weighted by atomic mass is 32.2. The molecule has 0 unspecified atom stereocenters. The van der Waals surface area contributed by atoms with Crippen LogP contribution in [0.1, 0.15) is 36.7 Å². The maximum Gasteiger partial charge on any atom is 0.262 e. The molecule has 0 aliphatic rings. The second kappa shape index (κ2) is 8.81. The Bertz CT molecular complexity index is 1160. The summed E-state index contributed by atoms with van der Waals surface area (Å²) >= 11 is 0. The summed E-state index contributed by atoms with van der Waals surface area (Å²) in [6, 6.07) is 20.2. The standard InChI is InChI=1S/C24H26N2O4S/c1-24(2,3)18-11-9-17(10-12-18)23(27)25-19-13-15-20(16-14-19)31(28,29)26-21-7-5-6-8-22(21)30-4/h5-16,26H,1-4H3,(H,25,27). The van der Waals surface area contributed by atoms with Crippen LogP contribution in [-0.2, 0) is 15.4 Å². The lowest BCUT2D eigenvalue weighted by Gasteiger charge is -2.19. The van der Waals surface area contributed by atoms with Crippen LogP contribution in [0.15, 0.2) is 77.7 Å². The van der Waals surface area contributed by atoms with Gasteiger partial charge in [-0.25, -0.2) is 8.42 Å². The van der Waals surface area contributed by atoms with E-state index >= 15 is 0 Å². The molecule has 0 aliphatic carbocycles. The molecule has 3 aromatic rings. The van der Waals surface area contributed by atoms with Crippen molar-refractivity contribution in [1.29, 1.82) is 0 Å². The van der Waals surface area contributed by atoms with E-state index in [0.717, 1.165) is 5.56 Å². The molecule has 162 valence electrons. The molecule has 6 nitrogen and oxygen atoms in total. The number of hydrogen-bond acceptors (Lipinski definition) is 4. The molecule has 0 saturated heterocycles. The molecule has 0 saturated carbocycles. The van der Waals surface area contributed by atoms with Crippen LogP contribution in [0.5, 0.6) is 5.75 Å². The summed E-state index contributed by atoms with van der Waals surface area (Å²) < 4.78 is 33.1. The van der Waals surface area contributed by atoms with Gasteiger partial charge in [-0.1, -0.05) is 45.0 Å². The Hall–Kier alpha value is -3.32. The summed E-state index contributed by atoms with van der Waals surface area (Å²) in [6.07, 6.45) is 0. The lowest BCUT2D eigenvalue weighted by Crippen LogP contribution is -2.15. The highest BCUT2D eigenvalue weighted by molar-refractivity contribution is 7.92. The molecule has 31 heavy (non-hydrogen) atoms. The third-order valence-corrected chi connectivity index (χ3v) is 6.17. The highest BCUT2D eigenvalue weighted by Crippen LogP contribution is 2.27. The third kappa shape index (κ3) is 5.44. The molecule has 3 aromatic carbocycles. The first-order valence-electron chi connectivity index (χ1n) is 9.78. The van der Waals surface area contributed by atoms with Crippen LogP contribution in [-0.4, -0.2) is 21.4 Å².